The summed E-state index contributed by atoms with van der Waals surface area (Å²) in [6, 6.07) is 9.43. The molecule has 1 amide bonds. The van der Waals surface area contributed by atoms with E-state index >= 15 is 0 Å². The number of nitrogens with one attached hydrogen (secondary N) is 1. The Morgan fingerprint density at radius 2 is 1.95 bits per heavy atom. The minimum atomic E-state index is -1.00. The number of carbonyl (C=O) groups is 1. The number of alkyl carbamates (subject to hydrolysis) is 1. The first-order valence-corrected chi connectivity index (χ1v) is 7.05. The average Bonchev–Trinajstić information content (AvgIpc) is 2.26. The van der Waals surface area contributed by atoms with Crippen molar-refractivity contribution in [3.63, 3.8) is 0 Å². The molecule has 1 aromatic carbocycles. The predicted molar refractivity (Wildman–Crippen MR) is 79.8 cm³/mol. The van der Waals surface area contributed by atoms with Gasteiger partial charge < -0.3 is 15.2 Å². The Morgan fingerprint density at radius 3 is 2.45 bits per heavy atom. The maximum Gasteiger partial charge on any atom is 0.407 e. The number of rotatable bonds is 5. The van der Waals surface area contributed by atoms with Crippen LogP contribution in [-0.2, 0) is 11.2 Å². The minimum absolute atomic E-state index is 0.260. The van der Waals surface area contributed by atoms with E-state index in [0.717, 1.165) is 5.56 Å². The highest BCUT2D eigenvalue weighted by Gasteiger charge is 2.21. The van der Waals surface area contributed by atoms with Gasteiger partial charge in [-0.2, -0.15) is 0 Å². The summed E-state index contributed by atoms with van der Waals surface area (Å²) in [7, 11) is 0. The van der Waals surface area contributed by atoms with Crippen LogP contribution >= 0.6 is 11.6 Å². The average molecular weight is 300 g/mol. The molecule has 0 spiro atoms. The molecule has 0 aliphatic carbocycles. The van der Waals surface area contributed by atoms with Crippen LogP contribution in [0.3, 0.4) is 0 Å². The van der Waals surface area contributed by atoms with Gasteiger partial charge in [0.2, 0.25) is 0 Å². The standard InChI is InChI=1S/C15H22ClNO3/c1-15(2,3)20-14(19)17-12(10-13(16)18)9-11-7-5-4-6-8-11/h4-8,12-13,18H,9-10H2,1-3H3,(H,17,19)/t12-,13?/m0/s1. The van der Waals surface area contributed by atoms with Crippen LogP contribution in [0.25, 0.3) is 0 Å². The van der Waals surface area contributed by atoms with Crippen molar-refractivity contribution in [2.45, 2.75) is 50.8 Å². The summed E-state index contributed by atoms with van der Waals surface area (Å²) in [4.78, 5) is 11.8. The highest BCUT2D eigenvalue weighted by molar-refractivity contribution is 6.19. The Labute approximate surface area is 125 Å². The molecule has 0 saturated carbocycles. The molecule has 0 heterocycles. The second-order valence-electron chi connectivity index (χ2n) is 5.70. The third-order valence-electron chi connectivity index (χ3n) is 2.52. The molecule has 0 aromatic heterocycles. The summed E-state index contributed by atoms with van der Waals surface area (Å²) < 4.78 is 5.21. The second kappa shape index (κ2) is 7.50. The molecule has 0 fully saturated rings. The van der Waals surface area contributed by atoms with E-state index < -0.39 is 17.3 Å². The zero-order valence-electron chi connectivity index (χ0n) is 12.1. The van der Waals surface area contributed by atoms with Gasteiger partial charge in [0, 0.05) is 12.5 Å². The fourth-order valence-corrected chi connectivity index (χ4v) is 2.02. The highest BCUT2D eigenvalue weighted by Crippen LogP contribution is 2.12. The molecule has 112 valence electrons. The Kier molecular flexibility index (Phi) is 6.30. The SMILES string of the molecule is CC(C)(C)OC(=O)N[C@@H](Cc1ccccc1)CC(O)Cl. The minimum Gasteiger partial charge on any atom is -0.444 e. The number of halogens is 1. The number of aliphatic hydroxyl groups excluding tert-OH is 1. The van der Waals surface area contributed by atoms with Crippen molar-refractivity contribution in [2.24, 2.45) is 0 Å². The third kappa shape index (κ3) is 7.36. The van der Waals surface area contributed by atoms with Crippen LogP contribution in [0.2, 0.25) is 0 Å². The monoisotopic (exact) mass is 299 g/mol. The normalized spacial score (nSPS) is 14.4. The number of ether oxygens (including phenoxy) is 1. The van der Waals surface area contributed by atoms with Gasteiger partial charge in [0.1, 0.15) is 11.2 Å². The first kappa shape index (κ1) is 16.8. The number of aliphatic hydroxyl groups is 1. The van der Waals surface area contributed by atoms with Crippen LogP contribution in [0.1, 0.15) is 32.8 Å². The van der Waals surface area contributed by atoms with E-state index in [1.54, 1.807) is 20.8 Å². The smallest absolute Gasteiger partial charge is 0.407 e. The highest BCUT2D eigenvalue weighted by atomic mass is 35.5. The van der Waals surface area contributed by atoms with Gasteiger partial charge in [-0.15, -0.1) is 0 Å². The van der Waals surface area contributed by atoms with Gasteiger partial charge in [-0.25, -0.2) is 4.79 Å². The van der Waals surface area contributed by atoms with Crippen molar-refractivity contribution in [3.05, 3.63) is 35.9 Å². The van der Waals surface area contributed by atoms with Gasteiger partial charge in [0.05, 0.1) is 0 Å². The molecule has 2 atom stereocenters. The lowest BCUT2D eigenvalue weighted by Gasteiger charge is -2.24. The van der Waals surface area contributed by atoms with Crippen LogP contribution in [0.5, 0.6) is 0 Å². The summed E-state index contributed by atoms with van der Waals surface area (Å²) in [6.07, 6.45) is 0.343. The number of carbonyl (C=O) groups excluding carboxylic acids is 1. The Morgan fingerprint density at radius 1 is 1.35 bits per heavy atom. The molecular weight excluding hydrogens is 278 g/mol. The maximum atomic E-state index is 11.8. The summed E-state index contributed by atoms with van der Waals surface area (Å²) in [5.41, 5.74) is -0.495. The third-order valence-corrected chi connectivity index (χ3v) is 2.70. The van der Waals surface area contributed by atoms with E-state index in [9.17, 15) is 9.90 Å². The molecule has 0 aliphatic rings. The van der Waals surface area contributed by atoms with Gasteiger partial charge in [0.15, 0.2) is 0 Å². The fraction of sp³-hybridized carbons (Fsp3) is 0.533. The van der Waals surface area contributed by atoms with E-state index in [2.05, 4.69) is 5.32 Å². The molecule has 1 unspecified atom stereocenters. The van der Waals surface area contributed by atoms with Crippen LogP contribution in [0, 0.1) is 0 Å². The lowest BCUT2D eigenvalue weighted by atomic mass is 10.0. The predicted octanol–water partition coefficient (Wildman–Crippen LogP) is 3.07. The number of amides is 1. The van der Waals surface area contributed by atoms with Gasteiger partial charge in [-0.1, -0.05) is 41.9 Å². The number of hydrogen-bond donors (Lipinski definition) is 2. The van der Waals surface area contributed by atoms with E-state index in [0.29, 0.717) is 6.42 Å². The van der Waals surface area contributed by atoms with E-state index in [4.69, 9.17) is 16.3 Å². The van der Waals surface area contributed by atoms with Gasteiger partial charge >= 0.3 is 6.09 Å². The van der Waals surface area contributed by atoms with Gasteiger partial charge in [0.25, 0.3) is 0 Å². The Balaban J connectivity index is 2.63. The fourth-order valence-electron chi connectivity index (χ4n) is 1.80. The summed E-state index contributed by atoms with van der Waals surface area (Å²) in [6.45, 7) is 5.40. The first-order chi connectivity index (χ1) is 9.26. The molecule has 0 radical (unpaired) electrons. The summed E-state index contributed by atoms with van der Waals surface area (Å²) >= 11 is 5.62. The molecule has 5 heteroatoms. The van der Waals surface area contributed by atoms with Crippen molar-refractivity contribution in [2.75, 3.05) is 0 Å². The second-order valence-corrected chi connectivity index (χ2v) is 6.21. The molecule has 0 aliphatic heterocycles. The zero-order chi connectivity index (χ0) is 15.2. The molecule has 1 rings (SSSR count). The van der Waals surface area contributed by atoms with Gasteiger partial charge in [-0.05, 0) is 32.8 Å². The molecule has 4 nitrogen and oxygen atoms in total. The summed E-state index contributed by atoms with van der Waals surface area (Å²) in [5, 5.41) is 12.1. The van der Waals surface area contributed by atoms with Crippen molar-refractivity contribution < 1.29 is 14.6 Å². The molecule has 0 bridgehead atoms. The van der Waals surface area contributed by atoms with E-state index in [1.807, 2.05) is 30.3 Å². The number of hydrogen-bond acceptors (Lipinski definition) is 3. The van der Waals surface area contributed by atoms with Crippen molar-refractivity contribution in [1.82, 2.24) is 5.32 Å². The quantitative estimate of drug-likeness (QED) is 0.822. The van der Waals surface area contributed by atoms with Crippen LogP contribution < -0.4 is 5.32 Å². The molecule has 0 saturated heterocycles. The molecule has 20 heavy (non-hydrogen) atoms. The van der Waals surface area contributed by atoms with E-state index in [-0.39, 0.29) is 12.5 Å². The number of alkyl halides is 1. The lowest BCUT2D eigenvalue weighted by Crippen LogP contribution is -2.41. The largest absolute Gasteiger partial charge is 0.444 e. The molecule has 2 N–H and O–H groups in total. The molecule has 1 aromatic rings. The Bertz CT molecular complexity index is 415. The van der Waals surface area contributed by atoms with Crippen molar-refractivity contribution in [3.8, 4) is 0 Å². The van der Waals surface area contributed by atoms with Crippen LogP contribution in [-0.4, -0.2) is 28.4 Å². The molecular formula is C15H22ClNO3. The van der Waals surface area contributed by atoms with E-state index in [1.165, 1.54) is 0 Å². The lowest BCUT2D eigenvalue weighted by molar-refractivity contribution is 0.0494. The number of benzene rings is 1. The zero-order valence-corrected chi connectivity index (χ0v) is 12.9. The Hall–Kier alpha value is -1.26. The van der Waals surface area contributed by atoms with Crippen LogP contribution in [0.15, 0.2) is 30.3 Å². The summed E-state index contributed by atoms with van der Waals surface area (Å²) in [5.74, 6) is 0. The first-order valence-electron chi connectivity index (χ1n) is 6.62. The van der Waals surface area contributed by atoms with Crippen LogP contribution in [0.4, 0.5) is 4.79 Å². The van der Waals surface area contributed by atoms with Crippen molar-refractivity contribution in [1.29, 1.82) is 0 Å². The maximum absolute atomic E-state index is 11.8. The van der Waals surface area contributed by atoms with Crippen molar-refractivity contribution >= 4 is 17.7 Å². The topological polar surface area (TPSA) is 58.6 Å². The van der Waals surface area contributed by atoms with Gasteiger partial charge in [-0.3, -0.25) is 0 Å².